The molecule has 0 saturated heterocycles. The lowest BCUT2D eigenvalue weighted by Crippen LogP contribution is -2.12. The first kappa shape index (κ1) is 16.4. The minimum absolute atomic E-state index is 0.0673. The highest BCUT2D eigenvalue weighted by Crippen LogP contribution is 2.39. The van der Waals surface area contributed by atoms with Crippen molar-refractivity contribution in [3.8, 4) is 11.6 Å². The molecule has 23 heavy (non-hydrogen) atoms. The van der Waals surface area contributed by atoms with Gasteiger partial charge >= 0.3 is 0 Å². The molecule has 122 valence electrons. The molecule has 1 heterocycles. The molecule has 9 nitrogen and oxygen atoms in total. The maximum absolute atomic E-state index is 10.8. The maximum atomic E-state index is 10.8. The van der Waals surface area contributed by atoms with E-state index < -0.39 is 10.3 Å². The van der Waals surface area contributed by atoms with Gasteiger partial charge in [-0.3, -0.25) is 10.1 Å². The van der Waals surface area contributed by atoms with Crippen LogP contribution in [-0.4, -0.2) is 24.9 Å². The van der Waals surface area contributed by atoms with Crippen molar-refractivity contribution in [1.82, 2.24) is 9.78 Å². The Balaban J connectivity index is 2.50. The topological polar surface area (TPSA) is 126 Å². The van der Waals surface area contributed by atoms with Crippen molar-refractivity contribution in [2.24, 2.45) is 17.3 Å². The summed E-state index contributed by atoms with van der Waals surface area (Å²) in [7, 11) is 1.56. The predicted molar refractivity (Wildman–Crippen MR) is 82.5 cm³/mol. The number of aromatic hydroxyl groups is 2. The van der Waals surface area contributed by atoms with Gasteiger partial charge in [0, 0.05) is 24.6 Å². The molecule has 0 spiro atoms. The van der Waals surface area contributed by atoms with Gasteiger partial charge in [0.15, 0.2) is 5.69 Å². The summed E-state index contributed by atoms with van der Waals surface area (Å²) in [5, 5.41) is 42.5. The van der Waals surface area contributed by atoms with Gasteiger partial charge in [-0.05, 0) is 6.07 Å². The van der Waals surface area contributed by atoms with E-state index in [0.717, 1.165) is 12.1 Å². The third kappa shape index (κ3) is 3.28. The number of aryl methyl sites for hydroxylation is 1. The van der Waals surface area contributed by atoms with Crippen LogP contribution >= 0.6 is 0 Å². The first-order valence-corrected chi connectivity index (χ1v) is 6.77. The Bertz CT molecular complexity index is 789. The summed E-state index contributed by atoms with van der Waals surface area (Å²) in [6, 6.07) is 3.43. The molecule has 0 aliphatic heterocycles. The second kappa shape index (κ2) is 5.67. The van der Waals surface area contributed by atoms with Crippen molar-refractivity contribution in [2.45, 2.75) is 26.2 Å². The highest BCUT2D eigenvalue weighted by atomic mass is 16.6. The Kier molecular flexibility index (Phi) is 4.04. The molecule has 0 aliphatic carbocycles. The number of aromatic nitrogens is 2. The summed E-state index contributed by atoms with van der Waals surface area (Å²) in [4.78, 5) is 10.2. The molecule has 0 unspecified atom stereocenters. The molecule has 0 bridgehead atoms. The first-order valence-electron chi connectivity index (χ1n) is 6.77. The van der Waals surface area contributed by atoms with Gasteiger partial charge in [-0.2, -0.15) is 5.10 Å². The lowest BCUT2D eigenvalue weighted by atomic mass is 9.91. The molecule has 0 aliphatic rings. The Morgan fingerprint density at radius 1 is 1.26 bits per heavy atom. The fraction of sp³-hybridized carbons (Fsp3) is 0.357. The maximum Gasteiger partial charge on any atom is 0.271 e. The van der Waals surface area contributed by atoms with Gasteiger partial charge in [0.05, 0.1) is 10.6 Å². The van der Waals surface area contributed by atoms with Crippen LogP contribution in [0.25, 0.3) is 0 Å². The van der Waals surface area contributed by atoms with Crippen molar-refractivity contribution >= 4 is 17.1 Å². The fourth-order valence-electron chi connectivity index (χ4n) is 1.91. The van der Waals surface area contributed by atoms with E-state index in [2.05, 4.69) is 15.3 Å². The van der Waals surface area contributed by atoms with Crippen LogP contribution in [0.2, 0.25) is 0 Å². The van der Waals surface area contributed by atoms with Crippen LogP contribution in [0.15, 0.2) is 28.4 Å². The van der Waals surface area contributed by atoms with Crippen molar-refractivity contribution in [1.29, 1.82) is 0 Å². The van der Waals surface area contributed by atoms with Crippen LogP contribution in [0, 0.1) is 10.1 Å². The number of hydrogen-bond acceptors (Lipinski definition) is 7. The number of phenolic OH excluding ortho intramolecular Hbond substituents is 1. The smallest absolute Gasteiger partial charge is 0.271 e. The van der Waals surface area contributed by atoms with Crippen LogP contribution in [-0.2, 0) is 12.5 Å². The van der Waals surface area contributed by atoms with Gasteiger partial charge in [0.25, 0.3) is 5.69 Å². The van der Waals surface area contributed by atoms with Crippen molar-refractivity contribution in [3.05, 3.63) is 34.0 Å². The molecule has 1 aromatic carbocycles. The van der Waals surface area contributed by atoms with Gasteiger partial charge in [-0.1, -0.05) is 20.8 Å². The predicted octanol–water partition coefficient (Wildman–Crippen LogP) is 3.45. The van der Waals surface area contributed by atoms with Gasteiger partial charge in [-0.15, -0.1) is 10.2 Å². The summed E-state index contributed by atoms with van der Waals surface area (Å²) in [5.74, 6) is -0.427. The quantitative estimate of drug-likeness (QED) is 0.509. The number of nitro groups is 1. The minimum Gasteiger partial charge on any atom is -0.506 e. The second-order valence-corrected chi connectivity index (χ2v) is 6.02. The average molecular weight is 319 g/mol. The van der Waals surface area contributed by atoms with E-state index in [1.54, 1.807) is 7.05 Å². The number of hydrogen-bond donors (Lipinski definition) is 2. The minimum atomic E-state index is -0.597. The average Bonchev–Trinajstić information content (AvgIpc) is 2.74. The monoisotopic (exact) mass is 319 g/mol. The normalized spacial score (nSPS) is 12.0. The molecule has 0 fully saturated rings. The van der Waals surface area contributed by atoms with Crippen LogP contribution in [0.5, 0.6) is 11.6 Å². The molecule has 0 amide bonds. The first-order chi connectivity index (χ1) is 10.6. The number of nitro benzene ring substituents is 1. The number of phenols is 1. The SMILES string of the molecule is Cn1nc(C(C)(C)C)c(/N=N/c2cc([N+](=O)[O-])ccc2O)c1O. The molecule has 0 saturated carbocycles. The largest absolute Gasteiger partial charge is 0.506 e. The Morgan fingerprint density at radius 2 is 1.91 bits per heavy atom. The zero-order chi connectivity index (χ0) is 17.4. The fourth-order valence-corrected chi connectivity index (χ4v) is 1.91. The Morgan fingerprint density at radius 3 is 2.48 bits per heavy atom. The molecular weight excluding hydrogens is 302 g/mol. The van der Waals surface area contributed by atoms with Gasteiger partial charge in [0.1, 0.15) is 11.4 Å². The van der Waals surface area contributed by atoms with Gasteiger partial charge in [0.2, 0.25) is 5.88 Å². The van der Waals surface area contributed by atoms with Crippen molar-refractivity contribution < 1.29 is 15.1 Å². The Labute approximate surface area is 132 Å². The number of azo groups is 1. The van der Waals surface area contributed by atoms with E-state index in [0.29, 0.717) is 5.69 Å². The number of benzene rings is 1. The number of nitrogens with zero attached hydrogens (tertiary/aromatic N) is 5. The standard InChI is InChI=1S/C14H17N5O4/c1-14(2,3)12-11(13(21)18(4)17-12)16-15-9-7-8(19(22)23)5-6-10(9)20/h5-7,20-21H,1-4H3/b16-15+. The molecule has 1 aromatic heterocycles. The zero-order valence-electron chi connectivity index (χ0n) is 13.2. The van der Waals surface area contributed by atoms with E-state index in [-0.39, 0.29) is 28.7 Å². The van der Waals surface area contributed by atoms with Crippen LogP contribution in [0.4, 0.5) is 17.1 Å². The summed E-state index contributed by atoms with van der Waals surface area (Å²) >= 11 is 0. The lowest BCUT2D eigenvalue weighted by molar-refractivity contribution is -0.384. The van der Waals surface area contributed by atoms with Crippen LogP contribution in [0.1, 0.15) is 26.5 Å². The van der Waals surface area contributed by atoms with E-state index >= 15 is 0 Å². The number of rotatable bonds is 3. The highest BCUT2D eigenvalue weighted by Gasteiger charge is 2.26. The van der Waals surface area contributed by atoms with Crippen LogP contribution < -0.4 is 0 Å². The summed E-state index contributed by atoms with van der Waals surface area (Å²) < 4.78 is 1.27. The molecule has 0 atom stereocenters. The van der Waals surface area contributed by atoms with E-state index in [9.17, 15) is 20.3 Å². The number of non-ortho nitro benzene ring substituents is 1. The van der Waals surface area contributed by atoms with Crippen molar-refractivity contribution in [3.63, 3.8) is 0 Å². The van der Waals surface area contributed by atoms with Crippen LogP contribution in [0.3, 0.4) is 0 Å². The third-order valence-corrected chi connectivity index (χ3v) is 3.13. The van der Waals surface area contributed by atoms with Gasteiger partial charge in [-0.25, -0.2) is 4.68 Å². The lowest BCUT2D eigenvalue weighted by Gasteiger charge is -2.15. The molecular formula is C14H17N5O4. The zero-order valence-corrected chi connectivity index (χ0v) is 13.2. The summed E-state index contributed by atoms with van der Waals surface area (Å²) in [6.45, 7) is 5.70. The molecule has 0 radical (unpaired) electrons. The third-order valence-electron chi connectivity index (χ3n) is 3.13. The Hall–Kier alpha value is -2.97. The molecule has 9 heteroatoms. The summed E-state index contributed by atoms with van der Waals surface area (Å²) in [6.07, 6.45) is 0. The molecule has 2 rings (SSSR count). The highest BCUT2D eigenvalue weighted by molar-refractivity contribution is 5.58. The van der Waals surface area contributed by atoms with E-state index in [1.807, 2.05) is 20.8 Å². The second-order valence-electron chi connectivity index (χ2n) is 6.02. The molecule has 2 N–H and O–H groups in total. The van der Waals surface area contributed by atoms with E-state index in [4.69, 9.17) is 0 Å². The van der Waals surface area contributed by atoms with Gasteiger partial charge < -0.3 is 10.2 Å². The van der Waals surface area contributed by atoms with E-state index in [1.165, 1.54) is 10.7 Å². The molecule has 2 aromatic rings. The summed E-state index contributed by atoms with van der Waals surface area (Å²) in [5.41, 5.74) is 0.000240. The van der Waals surface area contributed by atoms with Crippen molar-refractivity contribution in [2.75, 3.05) is 0 Å².